The van der Waals surface area contributed by atoms with Gasteiger partial charge in [-0.3, -0.25) is 4.40 Å². The molecule has 0 radical (unpaired) electrons. The number of aromatic nitrogens is 3. The van der Waals surface area contributed by atoms with Crippen molar-refractivity contribution in [2.24, 2.45) is 0 Å². The number of pyridine rings is 1. The minimum absolute atomic E-state index is 0.0150. The van der Waals surface area contributed by atoms with Crippen LogP contribution in [-0.4, -0.2) is 34.9 Å². The average Bonchev–Trinajstić information content (AvgIpc) is 3.26. The molecule has 1 aliphatic heterocycles. The van der Waals surface area contributed by atoms with E-state index in [2.05, 4.69) is 10.3 Å². The van der Waals surface area contributed by atoms with Crippen LogP contribution >= 0.6 is 11.6 Å². The summed E-state index contributed by atoms with van der Waals surface area (Å²) in [6.45, 7) is 1.86. The van der Waals surface area contributed by atoms with E-state index in [4.69, 9.17) is 11.6 Å². The third-order valence-corrected chi connectivity index (χ3v) is 7.47. The lowest BCUT2D eigenvalue weighted by Crippen LogP contribution is -2.28. The fourth-order valence-corrected chi connectivity index (χ4v) is 6.07. The maximum atomic E-state index is 13.6. The number of nitrogens with zero attached hydrogens (tertiary/aromatic N) is 3. The fraction of sp³-hybridized carbons (Fsp3) is 0.250. The molecule has 1 saturated heterocycles. The molecular formula is C20H19ClN4O2S. The van der Waals surface area contributed by atoms with Gasteiger partial charge in [-0.25, -0.2) is 8.96 Å². The number of nitrogens with one attached hydrogen (secondary N) is 1. The minimum atomic E-state index is -3.93. The summed E-state index contributed by atoms with van der Waals surface area (Å²) in [6.07, 6.45) is 5.54. The van der Waals surface area contributed by atoms with Gasteiger partial charge in [-0.15, -0.1) is 0 Å². The van der Waals surface area contributed by atoms with Crippen LogP contribution in [0.3, 0.4) is 0 Å². The summed E-state index contributed by atoms with van der Waals surface area (Å²) in [6, 6.07) is 12.9. The third kappa shape index (κ3) is 2.65. The van der Waals surface area contributed by atoms with Crippen molar-refractivity contribution in [3.8, 4) is 0 Å². The Morgan fingerprint density at radius 3 is 2.79 bits per heavy atom. The molecule has 1 atom stereocenters. The Morgan fingerprint density at radius 2 is 1.96 bits per heavy atom. The van der Waals surface area contributed by atoms with Crippen LogP contribution in [0.1, 0.15) is 24.3 Å². The standard InChI is InChI=1S/C20H19ClN4O2S/c21-19-20(24-11-4-3-9-18(24)23-19)28(26,27)25-13-16(14-6-5-10-22-12-14)15-7-1-2-8-17(15)25/h1-4,7-9,11,13-14,22H,5-6,10,12H2. The predicted molar refractivity (Wildman–Crippen MR) is 110 cm³/mol. The van der Waals surface area contributed by atoms with Crippen LogP contribution in [0.4, 0.5) is 0 Å². The van der Waals surface area contributed by atoms with Crippen LogP contribution in [0.5, 0.6) is 0 Å². The van der Waals surface area contributed by atoms with Gasteiger partial charge in [0.05, 0.1) is 5.52 Å². The number of piperidine rings is 1. The summed E-state index contributed by atoms with van der Waals surface area (Å²) in [7, 11) is -3.93. The second-order valence-corrected chi connectivity index (χ2v) is 9.17. The number of halogens is 1. The molecule has 8 heteroatoms. The molecule has 1 unspecified atom stereocenters. The van der Waals surface area contributed by atoms with Gasteiger partial charge >= 0.3 is 0 Å². The summed E-state index contributed by atoms with van der Waals surface area (Å²) in [5, 5.41) is 4.34. The monoisotopic (exact) mass is 414 g/mol. The zero-order valence-electron chi connectivity index (χ0n) is 15.0. The van der Waals surface area contributed by atoms with Gasteiger partial charge in [0.2, 0.25) is 0 Å². The van der Waals surface area contributed by atoms with Crippen LogP contribution in [0.15, 0.2) is 59.9 Å². The van der Waals surface area contributed by atoms with Crippen LogP contribution in [0.25, 0.3) is 16.6 Å². The predicted octanol–water partition coefficient (Wildman–Crippen LogP) is 3.65. The average molecular weight is 415 g/mol. The van der Waals surface area contributed by atoms with Crippen molar-refractivity contribution in [2.75, 3.05) is 13.1 Å². The first-order valence-electron chi connectivity index (χ1n) is 9.26. The molecule has 0 aliphatic carbocycles. The molecule has 0 amide bonds. The highest BCUT2D eigenvalue weighted by Crippen LogP contribution is 2.34. The van der Waals surface area contributed by atoms with Gasteiger partial charge in [0.25, 0.3) is 10.0 Å². The van der Waals surface area contributed by atoms with Crippen molar-refractivity contribution in [1.82, 2.24) is 18.7 Å². The van der Waals surface area contributed by atoms with Crippen molar-refractivity contribution in [1.29, 1.82) is 0 Å². The second-order valence-electron chi connectivity index (χ2n) is 7.08. The molecule has 0 spiro atoms. The molecule has 3 aromatic heterocycles. The quantitative estimate of drug-likeness (QED) is 0.555. The van der Waals surface area contributed by atoms with Gasteiger partial charge in [0.1, 0.15) is 5.65 Å². The highest BCUT2D eigenvalue weighted by Gasteiger charge is 2.30. The Kier molecular flexibility index (Phi) is 4.19. The van der Waals surface area contributed by atoms with Gasteiger partial charge < -0.3 is 5.32 Å². The van der Waals surface area contributed by atoms with Gasteiger partial charge in [-0.2, -0.15) is 8.42 Å². The van der Waals surface area contributed by atoms with E-state index in [1.807, 2.05) is 24.3 Å². The fourth-order valence-electron chi connectivity index (χ4n) is 4.09. The molecule has 6 nitrogen and oxygen atoms in total. The topological polar surface area (TPSA) is 68.4 Å². The van der Waals surface area contributed by atoms with Crippen molar-refractivity contribution in [3.63, 3.8) is 0 Å². The molecule has 0 saturated carbocycles. The molecule has 4 heterocycles. The smallest absolute Gasteiger partial charge is 0.287 e. The largest absolute Gasteiger partial charge is 0.316 e. The lowest BCUT2D eigenvalue weighted by atomic mass is 9.91. The molecule has 1 fully saturated rings. The van der Waals surface area contributed by atoms with E-state index in [-0.39, 0.29) is 16.1 Å². The van der Waals surface area contributed by atoms with E-state index >= 15 is 0 Å². The summed E-state index contributed by atoms with van der Waals surface area (Å²) >= 11 is 6.27. The molecule has 4 aromatic rings. The van der Waals surface area contributed by atoms with Gasteiger partial charge in [0.15, 0.2) is 10.2 Å². The SMILES string of the molecule is O=S(=O)(c1c(Cl)nc2ccccn12)n1cc(C2CCCNC2)c2ccccc21. The van der Waals surface area contributed by atoms with E-state index in [9.17, 15) is 8.42 Å². The number of hydrogen-bond acceptors (Lipinski definition) is 4. The first-order chi connectivity index (χ1) is 13.6. The minimum Gasteiger partial charge on any atom is -0.316 e. The number of imidazole rings is 1. The summed E-state index contributed by atoms with van der Waals surface area (Å²) in [5.41, 5.74) is 2.21. The number of hydrogen-bond donors (Lipinski definition) is 1. The van der Waals surface area contributed by atoms with E-state index in [1.165, 1.54) is 8.37 Å². The molecule has 5 rings (SSSR count). The van der Waals surface area contributed by atoms with Crippen LogP contribution in [-0.2, 0) is 10.0 Å². The van der Waals surface area contributed by atoms with Crippen molar-refractivity contribution in [2.45, 2.75) is 23.8 Å². The Bertz CT molecular complexity index is 1290. The Balaban J connectivity index is 1.75. The first-order valence-corrected chi connectivity index (χ1v) is 11.1. The van der Waals surface area contributed by atoms with Crippen LogP contribution in [0.2, 0.25) is 5.15 Å². The maximum absolute atomic E-state index is 13.6. The highest BCUT2D eigenvalue weighted by molar-refractivity contribution is 7.90. The van der Waals surface area contributed by atoms with Crippen LogP contribution in [0, 0.1) is 0 Å². The zero-order chi connectivity index (χ0) is 19.3. The second kappa shape index (κ2) is 6.62. The van der Waals surface area contributed by atoms with E-state index in [0.29, 0.717) is 11.2 Å². The number of para-hydroxylation sites is 1. The van der Waals surface area contributed by atoms with E-state index < -0.39 is 10.0 Å². The lowest BCUT2D eigenvalue weighted by Gasteiger charge is -2.22. The molecule has 0 bridgehead atoms. The Hall–Kier alpha value is -2.35. The van der Waals surface area contributed by atoms with Gasteiger partial charge in [-0.05, 0) is 49.1 Å². The molecule has 1 aliphatic rings. The summed E-state index contributed by atoms with van der Waals surface area (Å²) in [4.78, 5) is 4.21. The summed E-state index contributed by atoms with van der Waals surface area (Å²) in [5.74, 6) is 0.285. The number of fused-ring (bicyclic) bond motifs is 2. The molecule has 1 N–H and O–H groups in total. The van der Waals surface area contributed by atoms with E-state index in [1.54, 1.807) is 30.6 Å². The Morgan fingerprint density at radius 1 is 1.14 bits per heavy atom. The first kappa shape index (κ1) is 17.7. The lowest BCUT2D eigenvalue weighted by molar-refractivity contribution is 0.463. The molecular weight excluding hydrogens is 396 g/mol. The van der Waals surface area contributed by atoms with E-state index in [0.717, 1.165) is 36.9 Å². The van der Waals surface area contributed by atoms with Crippen LogP contribution < -0.4 is 5.32 Å². The normalized spacial score (nSPS) is 18.1. The molecule has 1 aromatic carbocycles. The maximum Gasteiger partial charge on any atom is 0.287 e. The van der Waals surface area contributed by atoms with Crippen molar-refractivity contribution < 1.29 is 8.42 Å². The third-order valence-electron chi connectivity index (χ3n) is 5.40. The van der Waals surface area contributed by atoms with Crippen molar-refractivity contribution >= 4 is 38.2 Å². The van der Waals surface area contributed by atoms with Crippen molar-refractivity contribution in [3.05, 3.63) is 65.6 Å². The zero-order valence-corrected chi connectivity index (χ0v) is 16.6. The summed E-state index contributed by atoms with van der Waals surface area (Å²) < 4.78 is 30.2. The molecule has 28 heavy (non-hydrogen) atoms. The highest BCUT2D eigenvalue weighted by atomic mass is 35.5. The van der Waals surface area contributed by atoms with Gasteiger partial charge in [-0.1, -0.05) is 35.9 Å². The number of rotatable bonds is 3. The van der Waals surface area contributed by atoms with Gasteiger partial charge in [0, 0.05) is 24.3 Å². The molecule has 144 valence electrons. The Labute approximate surface area is 167 Å². The number of benzene rings is 1.